The summed E-state index contributed by atoms with van der Waals surface area (Å²) in [6.45, 7) is 5.36. The number of ether oxygens (including phenoxy) is 1. The Kier molecular flexibility index (Phi) is 7.08. The van der Waals surface area contributed by atoms with E-state index >= 15 is 0 Å². The van der Waals surface area contributed by atoms with E-state index in [1.165, 1.54) is 12.1 Å². The summed E-state index contributed by atoms with van der Waals surface area (Å²) in [6, 6.07) is 6.68. The van der Waals surface area contributed by atoms with Crippen LogP contribution in [0.1, 0.15) is 13.3 Å². The van der Waals surface area contributed by atoms with Crippen molar-refractivity contribution in [1.29, 1.82) is 0 Å². The fourth-order valence-electron chi connectivity index (χ4n) is 2.71. The van der Waals surface area contributed by atoms with Gasteiger partial charge in [-0.05, 0) is 50.1 Å². The number of rotatable bonds is 6. The topological polar surface area (TPSA) is 98.6 Å². The van der Waals surface area contributed by atoms with Crippen LogP contribution in [0.15, 0.2) is 29.2 Å². The molecule has 8 heteroatoms. The Morgan fingerprint density at radius 1 is 1.32 bits per heavy atom. The van der Waals surface area contributed by atoms with Crippen molar-refractivity contribution in [2.45, 2.75) is 24.3 Å². The Hall–Kier alpha value is -0.860. The first-order valence-electron chi connectivity index (χ1n) is 7.10. The Morgan fingerprint density at radius 3 is 2.45 bits per heavy atom. The number of nitrogens with zero attached hydrogens (tertiary/aromatic N) is 1. The Labute approximate surface area is 138 Å². The fraction of sp³-hybridized carbons (Fsp3) is 0.571. The smallest absolute Gasteiger partial charge is 0.238 e. The monoisotopic (exact) mass is 349 g/mol. The van der Waals surface area contributed by atoms with E-state index in [9.17, 15) is 8.42 Å². The normalized spacial score (nSPS) is 22.3. The average Bonchev–Trinajstić information content (AvgIpc) is 2.79. The van der Waals surface area contributed by atoms with Crippen LogP contribution in [0.4, 0.5) is 0 Å². The van der Waals surface area contributed by atoms with Crippen molar-refractivity contribution in [2.24, 2.45) is 16.8 Å². The number of hydrogen-bond donors (Lipinski definition) is 2. The number of benzene rings is 1. The first-order chi connectivity index (χ1) is 9.90. The third-order valence-electron chi connectivity index (χ3n) is 3.92. The molecule has 0 spiro atoms. The van der Waals surface area contributed by atoms with Crippen LogP contribution < -0.4 is 15.6 Å². The predicted octanol–water partition coefficient (Wildman–Crippen LogP) is 0.804. The summed E-state index contributed by atoms with van der Waals surface area (Å²) in [4.78, 5) is 2.46. The van der Waals surface area contributed by atoms with E-state index in [-0.39, 0.29) is 17.3 Å². The summed E-state index contributed by atoms with van der Waals surface area (Å²) in [5.41, 5.74) is 5.71. The maximum absolute atomic E-state index is 11.1. The van der Waals surface area contributed by atoms with E-state index in [0.29, 0.717) is 24.3 Å². The minimum Gasteiger partial charge on any atom is -0.492 e. The molecule has 6 nitrogen and oxygen atoms in total. The molecule has 1 aromatic rings. The van der Waals surface area contributed by atoms with Crippen LogP contribution in [0.25, 0.3) is 0 Å². The van der Waals surface area contributed by atoms with Gasteiger partial charge in [-0.3, -0.25) is 4.90 Å². The molecule has 0 radical (unpaired) electrons. The van der Waals surface area contributed by atoms with Crippen LogP contribution in [0, 0.1) is 5.92 Å². The van der Waals surface area contributed by atoms with Crippen molar-refractivity contribution >= 4 is 22.4 Å². The van der Waals surface area contributed by atoms with Gasteiger partial charge in [-0.2, -0.15) is 0 Å². The van der Waals surface area contributed by atoms with E-state index in [4.69, 9.17) is 15.6 Å². The first-order valence-corrected chi connectivity index (χ1v) is 8.64. The van der Waals surface area contributed by atoms with Crippen LogP contribution in [0.2, 0.25) is 0 Å². The highest BCUT2D eigenvalue weighted by Gasteiger charge is 2.27. The summed E-state index contributed by atoms with van der Waals surface area (Å²) in [6.07, 6.45) is 1.14. The number of nitrogens with two attached hydrogens (primary N) is 2. The quantitative estimate of drug-likeness (QED) is 0.791. The second-order valence-electron chi connectivity index (χ2n) is 5.55. The molecule has 126 valence electrons. The predicted molar refractivity (Wildman–Crippen MR) is 88.8 cm³/mol. The Bertz CT molecular complexity index is 565. The third kappa shape index (κ3) is 5.10. The molecule has 0 saturated carbocycles. The Morgan fingerprint density at radius 2 is 1.95 bits per heavy atom. The molecule has 1 aliphatic heterocycles. The van der Waals surface area contributed by atoms with Gasteiger partial charge in [-0.1, -0.05) is 0 Å². The summed E-state index contributed by atoms with van der Waals surface area (Å²) in [5.74, 6) is 1.22. The largest absolute Gasteiger partial charge is 0.492 e. The molecule has 1 heterocycles. The third-order valence-corrected chi connectivity index (χ3v) is 4.85. The maximum atomic E-state index is 11.1. The molecule has 0 aliphatic carbocycles. The van der Waals surface area contributed by atoms with Crippen LogP contribution in [-0.2, 0) is 10.0 Å². The van der Waals surface area contributed by atoms with Gasteiger partial charge in [0.25, 0.3) is 0 Å². The van der Waals surface area contributed by atoms with Crippen molar-refractivity contribution < 1.29 is 13.2 Å². The van der Waals surface area contributed by atoms with E-state index in [1.54, 1.807) is 12.1 Å². The van der Waals surface area contributed by atoms with Crippen LogP contribution in [0.5, 0.6) is 5.75 Å². The maximum Gasteiger partial charge on any atom is 0.238 e. The molecule has 1 fully saturated rings. The van der Waals surface area contributed by atoms with Crippen LogP contribution in [0.3, 0.4) is 0 Å². The molecular formula is C14H24ClN3O3S. The second kappa shape index (κ2) is 8.12. The van der Waals surface area contributed by atoms with Crippen molar-refractivity contribution in [2.75, 3.05) is 26.2 Å². The van der Waals surface area contributed by atoms with Crippen molar-refractivity contribution in [3.63, 3.8) is 0 Å². The zero-order valence-corrected chi connectivity index (χ0v) is 14.3. The van der Waals surface area contributed by atoms with Crippen molar-refractivity contribution in [1.82, 2.24) is 4.90 Å². The van der Waals surface area contributed by atoms with Crippen molar-refractivity contribution in [3.8, 4) is 5.75 Å². The SMILES string of the molecule is CC1CC(CN)CN1CCOc1ccc(S(N)(=O)=O)cc1.Cl. The summed E-state index contributed by atoms with van der Waals surface area (Å²) in [5, 5.41) is 5.05. The zero-order valence-electron chi connectivity index (χ0n) is 12.6. The lowest BCUT2D eigenvalue weighted by Crippen LogP contribution is -2.32. The first kappa shape index (κ1) is 19.2. The molecule has 4 N–H and O–H groups in total. The number of hydrogen-bond acceptors (Lipinski definition) is 5. The van der Waals surface area contributed by atoms with Gasteiger partial charge in [-0.25, -0.2) is 13.6 Å². The molecule has 1 aliphatic rings. The van der Waals surface area contributed by atoms with Gasteiger partial charge in [-0.15, -0.1) is 12.4 Å². The Balaban J connectivity index is 0.00000242. The minimum atomic E-state index is -3.65. The summed E-state index contributed by atoms with van der Waals surface area (Å²) >= 11 is 0. The molecule has 0 aromatic heterocycles. The number of sulfonamides is 1. The zero-order chi connectivity index (χ0) is 15.5. The van der Waals surface area contributed by atoms with Crippen molar-refractivity contribution in [3.05, 3.63) is 24.3 Å². The molecule has 2 atom stereocenters. The highest BCUT2D eigenvalue weighted by Crippen LogP contribution is 2.21. The lowest BCUT2D eigenvalue weighted by Gasteiger charge is -2.21. The molecule has 2 unspecified atom stereocenters. The average molecular weight is 350 g/mol. The molecule has 22 heavy (non-hydrogen) atoms. The second-order valence-corrected chi connectivity index (χ2v) is 7.11. The van der Waals surface area contributed by atoms with E-state index < -0.39 is 10.0 Å². The molecule has 0 bridgehead atoms. The number of primary sulfonamides is 1. The molecule has 1 saturated heterocycles. The molecule has 0 amide bonds. The van der Waals surface area contributed by atoms with E-state index in [1.807, 2.05) is 0 Å². The number of halogens is 1. The summed E-state index contributed by atoms with van der Waals surface area (Å²) < 4.78 is 27.9. The van der Waals surface area contributed by atoms with Gasteiger partial charge in [0.05, 0.1) is 4.90 Å². The van der Waals surface area contributed by atoms with Crippen LogP contribution in [-0.4, -0.2) is 45.6 Å². The molecule has 2 rings (SSSR count). The highest BCUT2D eigenvalue weighted by atomic mass is 35.5. The fourth-order valence-corrected chi connectivity index (χ4v) is 3.22. The standard InChI is InChI=1S/C14H23N3O3S.ClH/c1-11-8-12(9-15)10-17(11)6-7-20-13-2-4-14(5-3-13)21(16,18)19;/h2-5,11-12H,6-10,15H2,1H3,(H2,16,18,19);1H. The molecule has 1 aromatic carbocycles. The minimum absolute atomic E-state index is 0. The lowest BCUT2D eigenvalue weighted by molar-refractivity contribution is 0.202. The number of likely N-dealkylation sites (tertiary alicyclic amines) is 1. The molecular weight excluding hydrogens is 326 g/mol. The van der Waals surface area contributed by atoms with Gasteiger partial charge in [0, 0.05) is 19.1 Å². The van der Waals surface area contributed by atoms with E-state index in [2.05, 4.69) is 11.8 Å². The van der Waals surface area contributed by atoms with Gasteiger partial charge in [0.15, 0.2) is 0 Å². The van der Waals surface area contributed by atoms with Gasteiger partial charge in [0.1, 0.15) is 12.4 Å². The van der Waals surface area contributed by atoms with Gasteiger partial charge < -0.3 is 10.5 Å². The van der Waals surface area contributed by atoms with Gasteiger partial charge >= 0.3 is 0 Å². The highest BCUT2D eigenvalue weighted by molar-refractivity contribution is 7.89. The lowest BCUT2D eigenvalue weighted by atomic mass is 10.1. The summed E-state index contributed by atoms with van der Waals surface area (Å²) in [7, 11) is -3.65. The van der Waals surface area contributed by atoms with E-state index in [0.717, 1.165) is 26.1 Å². The van der Waals surface area contributed by atoms with Crippen LogP contribution >= 0.6 is 12.4 Å². The van der Waals surface area contributed by atoms with Gasteiger partial charge in [0.2, 0.25) is 10.0 Å².